The zero-order valence-corrected chi connectivity index (χ0v) is 15.8. The maximum absolute atomic E-state index is 11.2. The number of carbonyl (C=O) groups is 1. The molecule has 3 fully saturated rings. The highest BCUT2D eigenvalue weighted by Gasteiger charge is 2.64. The van der Waals surface area contributed by atoms with Gasteiger partial charge in [-0.15, -0.1) is 0 Å². The third-order valence-electron chi connectivity index (χ3n) is 7.76. The fourth-order valence-electron chi connectivity index (χ4n) is 6.67. The molecule has 5 rings (SSSR count). The molecule has 3 aliphatic carbocycles. The van der Waals surface area contributed by atoms with Gasteiger partial charge in [0.25, 0.3) is 0 Å². The predicted octanol–water partition coefficient (Wildman–Crippen LogP) is 4.21. The first kappa shape index (κ1) is 16.8. The van der Waals surface area contributed by atoms with Gasteiger partial charge < -0.3 is 14.2 Å². The first-order valence-electron chi connectivity index (χ1n) is 10.1. The molecule has 0 unspecified atom stereocenters. The number of esters is 1. The van der Waals surface area contributed by atoms with Crippen LogP contribution in [0.15, 0.2) is 18.2 Å². The summed E-state index contributed by atoms with van der Waals surface area (Å²) in [5, 5.41) is 0. The van der Waals surface area contributed by atoms with Crippen LogP contribution < -0.4 is 4.74 Å². The van der Waals surface area contributed by atoms with E-state index in [4.69, 9.17) is 14.2 Å². The van der Waals surface area contributed by atoms with Crippen LogP contribution in [0.5, 0.6) is 5.75 Å². The van der Waals surface area contributed by atoms with Gasteiger partial charge in [0.1, 0.15) is 5.75 Å². The molecule has 0 bridgehead atoms. The van der Waals surface area contributed by atoms with Crippen LogP contribution in [0.25, 0.3) is 0 Å². The molecule has 0 radical (unpaired) electrons. The molecule has 0 aromatic heterocycles. The standard InChI is InChI=1S/C22H28O4/c1-14(23)26-16-4-6-17-15(13-16)3-5-19-18(17)7-9-21(2)20(19)8-10-22(21)24-11-12-25-22/h4,6,13,18-20H,3,5,7-12H2,1-2H3/t18-,19-,20+,21-/m0/s1. The van der Waals surface area contributed by atoms with Crippen LogP contribution in [-0.2, 0) is 20.7 Å². The quantitative estimate of drug-likeness (QED) is 0.558. The molecular weight excluding hydrogens is 328 g/mol. The summed E-state index contributed by atoms with van der Waals surface area (Å²) in [5.41, 5.74) is 3.00. The van der Waals surface area contributed by atoms with Crippen LogP contribution in [-0.4, -0.2) is 25.0 Å². The minimum Gasteiger partial charge on any atom is -0.427 e. The third kappa shape index (κ3) is 2.24. The van der Waals surface area contributed by atoms with Gasteiger partial charge in [0.15, 0.2) is 5.79 Å². The Bertz CT molecular complexity index is 736. The van der Waals surface area contributed by atoms with Gasteiger partial charge in [-0.05, 0) is 73.1 Å². The van der Waals surface area contributed by atoms with Crippen molar-refractivity contribution in [2.45, 2.75) is 64.1 Å². The van der Waals surface area contributed by atoms with E-state index in [1.54, 1.807) is 0 Å². The van der Waals surface area contributed by atoms with Crippen molar-refractivity contribution < 1.29 is 19.0 Å². The fraction of sp³-hybridized carbons (Fsp3) is 0.682. The molecular formula is C22H28O4. The molecule has 4 aliphatic rings. The van der Waals surface area contributed by atoms with Crippen molar-refractivity contribution in [3.63, 3.8) is 0 Å². The number of benzene rings is 1. The summed E-state index contributed by atoms with van der Waals surface area (Å²) in [5.74, 6) is 2.14. The summed E-state index contributed by atoms with van der Waals surface area (Å²) < 4.78 is 17.7. The van der Waals surface area contributed by atoms with E-state index in [0.717, 1.165) is 26.1 Å². The highest BCUT2D eigenvalue weighted by Crippen LogP contribution is 2.66. The van der Waals surface area contributed by atoms with Crippen molar-refractivity contribution >= 4 is 5.97 Å². The van der Waals surface area contributed by atoms with Crippen LogP contribution in [0.1, 0.15) is 63.0 Å². The number of carbonyl (C=O) groups excluding carboxylic acids is 1. The topological polar surface area (TPSA) is 44.8 Å². The van der Waals surface area contributed by atoms with Gasteiger partial charge >= 0.3 is 5.97 Å². The van der Waals surface area contributed by atoms with Crippen LogP contribution in [0, 0.1) is 17.3 Å². The van der Waals surface area contributed by atoms with Crippen LogP contribution in [0.2, 0.25) is 0 Å². The minimum atomic E-state index is -0.317. The van der Waals surface area contributed by atoms with E-state index in [2.05, 4.69) is 19.1 Å². The first-order valence-corrected chi connectivity index (χ1v) is 10.1. The van der Waals surface area contributed by atoms with Gasteiger partial charge in [0, 0.05) is 18.8 Å². The largest absolute Gasteiger partial charge is 0.427 e. The van der Waals surface area contributed by atoms with Crippen LogP contribution in [0.3, 0.4) is 0 Å². The van der Waals surface area contributed by atoms with Gasteiger partial charge in [-0.3, -0.25) is 4.79 Å². The lowest BCUT2D eigenvalue weighted by atomic mass is 9.55. The average molecular weight is 356 g/mol. The summed E-state index contributed by atoms with van der Waals surface area (Å²) in [6.45, 7) is 5.38. The molecule has 0 N–H and O–H groups in total. The lowest BCUT2D eigenvalue weighted by molar-refractivity contribution is -0.237. The van der Waals surface area contributed by atoms with E-state index in [-0.39, 0.29) is 17.2 Å². The Morgan fingerprint density at radius 2 is 1.96 bits per heavy atom. The number of ether oxygens (including phenoxy) is 3. The van der Waals surface area contributed by atoms with Gasteiger partial charge in [-0.25, -0.2) is 0 Å². The molecule has 1 aromatic carbocycles. The summed E-state index contributed by atoms with van der Waals surface area (Å²) in [6, 6.07) is 6.26. The maximum atomic E-state index is 11.2. The zero-order chi connectivity index (χ0) is 17.9. The lowest BCUT2D eigenvalue weighted by Gasteiger charge is -2.52. The van der Waals surface area contributed by atoms with E-state index in [1.807, 2.05) is 6.07 Å². The van der Waals surface area contributed by atoms with E-state index in [9.17, 15) is 4.79 Å². The number of hydrogen-bond acceptors (Lipinski definition) is 4. The lowest BCUT2D eigenvalue weighted by Crippen LogP contribution is -2.51. The minimum absolute atomic E-state index is 0.153. The van der Waals surface area contributed by atoms with Gasteiger partial charge in [-0.1, -0.05) is 13.0 Å². The number of rotatable bonds is 1. The second kappa shape index (κ2) is 5.80. The number of fused-ring (bicyclic) bond motifs is 6. The molecule has 1 aromatic rings. The second-order valence-corrected chi connectivity index (χ2v) is 8.81. The first-order chi connectivity index (χ1) is 12.5. The van der Waals surface area contributed by atoms with Crippen LogP contribution >= 0.6 is 0 Å². The van der Waals surface area contributed by atoms with Crippen molar-refractivity contribution in [1.29, 1.82) is 0 Å². The van der Waals surface area contributed by atoms with Gasteiger partial charge in [0.05, 0.1) is 13.2 Å². The molecule has 140 valence electrons. The molecule has 1 heterocycles. The Morgan fingerprint density at radius 1 is 1.15 bits per heavy atom. The summed E-state index contributed by atoms with van der Waals surface area (Å²) in [4.78, 5) is 11.2. The van der Waals surface area contributed by atoms with E-state index in [0.29, 0.717) is 23.5 Å². The highest BCUT2D eigenvalue weighted by atomic mass is 16.7. The Balaban J connectivity index is 1.44. The molecule has 4 atom stereocenters. The smallest absolute Gasteiger partial charge is 0.308 e. The Kier molecular flexibility index (Phi) is 3.74. The van der Waals surface area contributed by atoms with E-state index < -0.39 is 0 Å². The zero-order valence-electron chi connectivity index (χ0n) is 15.8. The molecule has 1 saturated heterocycles. The monoisotopic (exact) mass is 356 g/mol. The molecule has 0 amide bonds. The van der Waals surface area contributed by atoms with Gasteiger partial charge in [-0.2, -0.15) is 0 Å². The van der Waals surface area contributed by atoms with Crippen molar-refractivity contribution in [3.8, 4) is 5.75 Å². The number of hydrogen-bond donors (Lipinski definition) is 0. The van der Waals surface area contributed by atoms with Crippen LogP contribution in [0.4, 0.5) is 0 Å². The van der Waals surface area contributed by atoms with Gasteiger partial charge in [0.2, 0.25) is 0 Å². The van der Waals surface area contributed by atoms with E-state index >= 15 is 0 Å². The molecule has 1 spiro atoms. The van der Waals surface area contributed by atoms with Crippen molar-refractivity contribution in [3.05, 3.63) is 29.3 Å². The molecule has 26 heavy (non-hydrogen) atoms. The molecule has 1 aliphatic heterocycles. The maximum Gasteiger partial charge on any atom is 0.308 e. The fourth-order valence-corrected chi connectivity index (χ4v) is 6.67. The third-order valence-corrected chi connectivity index (χ3v) is 7.76. The van der Waals surface area contributed by atoms with E-state index in [1.165, 1.54) is 43.7 Å². The Morgan fingerprint density at radius 3 is 2.73 bits per heavy atom. The SMILES string of the molecule is CC(=O)Oc1ccc2c(c1)CC[C@@H]1[C@H]3CCC4(OCCO4)[C@@]3(C)CC[C@@H]21. The number of aryl methyl sites for hydroxylation is 1. The second-order valence-electron chi connectivity index (χ2n) is 8.81. The molecule has 4 heteroatoms. The Hall–Kier alpha value is -1.39. The summed E-state index contributed by atoms with van der Waals surface area (Å²) >= 11 is 0. The summed E-state index contributed by atoms with van der Waals surface area (Å²) in [6.07, 6.45) is 6.94. The van der Waals surface area contributed by atoms with Crippen molar-refractivity contribution in [2.75, 3.05) is 13.2 Å². The average Bonchev–Trinajstić information content (AvgIpc) is 3.21. The summed E-state index contributed by atoms with van der Waals surface area (Å²) in [7, 11) is 0. The Labute approximate surface area is 155 Å². The predicted molar refractivity (Wildman–Crippen MR) is 97.0 cm³/mol. The highest BCUT2D eigenvalue weighted by molar-refractivity contribution is 5.69. The molecule has 4 nitrogen and oxygen atoms in total. The molecule has 2 saturated carbocycles. The normalized spacial score (nSPS) is 37.1. The van der Waals surface area contributed by atoms with Crippen molar-refractivity contribution in [2.24, 2.45) is 17.3 Å². The van der Waals surface area contributed by atoms with Crippen molar-refractivity contribution in [1.82, 2.24) is 0 Å².